The molecule has 2 aliphatic heterocycles. The number of nitrogens with one attached hydrogen (secondary N) is 1. The van der Waals surface area contributed by atoms with E-state index in [4.69, 9.17) is 4.74 Å². The Kier molecular flexibility index (Phi) is 4.60. The second-order valence-electron chi connectivity index (χ2n) is 7.31. The number of amides is 2. The van der Waals surface area contributed by atoms with E-state index in [1.165, 1.54) is 31.8 Å². The van der Waals surface area contributed by atoms with Crippen molar-refractivity contribution in [3.8, 4) is 5.75 Å². The SMILES string of the molecule is COc1cccc(CN2C[C@@]3(F)CN(C(=O)/C=C/c4cnc[nH]4)C[C@@]3(F)C2=O)c1. The fourth-order valence-electron chi connectivity index (χ4n) is 3.85. The number of halogens is 2. The monoisotopic (exact) mass is 402 g/mol. The summed E-state index contributed by atoms with van der Waals surface area (Å²) in [5, 5.41) is 0. The van der Waals surface area contributed by atoms with Crippen molar-refractivity contribution in [1.29, 1.82) is 0 Å². The van der Waals surface area contributed by atoms with Crippen LogP contribution in [0.1, 0.15) is 11.3 Å². The summed E-state index contributed by atoms with van der Waals surface area (Å²) in [6, 6.07) is 6.97. The number of nitrogens with zero attached hydrogens (tertiary/aromatic N) is 3. The molecule has 0 spiro atoms. The normalized spacial score (nSPS) is 26.4. The maximum atomic E-state index is 15.5. The standard InChI is InChI=1S/C20H20F2N4O3/c1-29-16-4-2-3-14(7-16)9-25-10-19(21)11-26(12-20(19,22)18(25)28)17(27)6-5-15-8-23-13-24-15/h2-8,13H,9-12H2,1H3,(H,23,24)/b6-5+/t19-,20-/m1/s1. The molecule has 2 amide bonds. The molecule has 3 heterocycles. The molecule has 4 rings (SSSR count). The van der Waals surface area contributed by atoms with E-state index in [9.17, 15) is 9.59 Å². The molecule has 1 N–H and O–H groups in total. The Labute approximate surface area is 166 Å². The highest BCUT2D eigenvalue weighted by Crippen LogP contribution is 2.46. The van der Waals surface area contributed by atoms with Crippen molar-refractivity contribution in [3.05, 3.63) is 54.1 Å². The van der Waals surface area contributed by atoms with E-state index in [2.05, 4.69) is 9.97 Å². The van der Waals surface area contributed by atoms with Gasteiger partial charge in [-0.25, -0.2) is 13.8 Å². The van der Waals surface area contributed by atoms with Crippen LogP contribution >= 0.6 is 0 Å². The molecular formula is C20H20F2N4O3. The van der Waals surface area contributed by atoms with Crippen LogP contribution in [0.3, 0.4) is 0 Å². The molecule has 2 fully saturated rings. The van der Waals surface area contributed by atoms with E-state index < -0.39 is 42.8 Å². The van der Waals surface area contributed by atoms with Crippen LogP contribution in [-0.2, 0) is 16.1 Å². The summed E-state index contributed by atoms with van der Waals surface area (Å²) in [6.45, 7) is -1.42. The molecule has 2 atom stereocenters. The van der Waals surface area contributed by atoms with Gasteiger partial charge in [-0.2, -0.15) is 0 Å². The molecule has 1 aromatic heterocycles. The van der Waals surface area contributed by atoms with Crippen molar-refractivity contribution in [2.24, 2.45) is 0 Å². The number of rotatable bonds is 5. The highest BCUT2D eigenvalue weighted by atomic mass is 19.2. The molecule has 0 aliphatic carbocycles. The summed E-state index contributed by atoms with van der Waals surface area (Å²) in [6.07, 6.45) is 5.64. The van der Waals surface area contributed by atoms with Crippen LogP contribution < -0.4 is 4.74 Å². The van der Waals surface area contributed by atoms with Gasteiger partial charge in [-0.05, 0) is 23.8 Å². The molecule has 9 heteroatoms. The minimum atomic E-state index is -2.75. The van der Waals surface area contributed by atoms with E-state index in [0.717, 1.165) is 9.80 Å². The Morgan fingerprint density at radius 3 is 2.86 bits per heavy atom. The number of H-pyrrole nitrogens is 1. The first kappa shape index (κ1) is 19.1. The lowest BCUT2D eigenvalue weighted by atomic mass is 9.93. The fraction of sp³-hybridized carbons (Fsp3) is 0.350. The van der Waals surface area contributed by atoms with Crippen molar-refractivity contribution in [2.75, 3.05) is 26.7 Å². The van der Waals surface area contributed by atoms with Gasteiger partial charge in [0.2, 0.25) is 11.6 Å². The van der Waals surface area contributed by atoms with Gasteiger partial charge in [0.25, 0.3) is 5.91 Å². The summed E-state index contributed by atoms with van der Waals surface area (Å²) in [5.74, 6) is -0.897. The van der Waals surface area contributed by atoms with Gasteiger partial charge in [0.1, 0.15) is 5.75 Å². The summed E-state index contributed by atoms with van der Waals surface area (Å²) in [5.41, 5.74) is -3.90. The van der Waals surface area contributed by atoms with Crippen molar-refractivity contribution < 1.29 is 23.1 Å². The van der Waals surface area contributed by atoms with Crippen molar-refractivity contribution in [1.82, 2.24) is 19.8 Å². The number of hydrogen-bond acceptors (Lipinski definition) is 4. The average Bonchev–Trinajstić information content (AvgIpc) is 3.36. The molecule has 152 valence electrons. The predicted molar refractivity (Wildman–Crippen MR) is 100 cm³/mol. The molecule has 0 bridgehead atoms. The highest BCUT2D eigenvalue weighted by molar-refractivity contribution is 5.96. The Bertz CT molecular complexity index is 964. The number of alkyl halides is 2. The molecule has 2 aromatic rings. The first-order valence-electron chi connectivity index (χ1n) is 9.10. The van der Waals surface area contributed by atoms with Crippen molar-refractivity contribution in [2.45, 2.75) is 17.9 Å². The molecule has 0 saturated carbocycles. The van der Waals surface area contributed by atoms with Gasteiger partial charge in [0.15, 0.2) is 5.67 Å². The first-order valence-corrected chi connectivity index (χ1v) is 9.10. The maximum Gasteiger partial charge on any atom is 0.266 e. The lowest BCUT2D eigenvalue weighted by Crippen LogP contribution is -2.47. The van der Waals surface area contributed by atoms with Crippen LogP contribution in [0, 0.1) is 0 Å². The third-order valence-electron chi connectivity index (χ3n) is 5.37. The number of hydrogen-bond donors (Lipinski definition) is 1. The zero-order valence-corrected chi connectivity index (χ0v) is 15.8. The van der Waals surface area contributed by atoms with Gasteiger partial charge < -0.3 is 19.5 Å². The van der Waals surface area contributed by atoms with Gasteiger partial charge in [-0.3, -0.25) is 9.59 Å². The molecule has 0 radical (unpaired) electrons. The Balaban J connectivity index is 1.47. The number of carbonyl (C=O) groups excluding carboxylic acids is 2. The second-order valence-corrected chi connectivity index (χ2v) is 7.31. The minimum absolute atomic E-state index is 0.0705. The number of ether oxygens (including phenoxy) is 1. The van der Waals surface area contributed by atoms with Crippen LogP contribution in [0.25, 0.3) is 6.08 Å². The van der Waals surface area contributed by atoms with Gasteiger partial charge in [-0.15, -0.1) is 0 Å². The predicted octanol–water partition coefficient (Wildman–Crippen LogP) is 1.73. The number of likely N-dealkylation sites (tertiary alicyclic amines) is 2. The van der Waals surface area contributed by atoms with Gasteiger partial charge in [0, 0.05) is 12.6 Å². The molecule has 1 aromatic carbocycles. The minimum Gasteiger partial charge on any atom is -0.497 e. The lowest BCUT2D eigenvalue weighted by Gasteiger charge is -2.22. The van der Waals surface area contributed by atoms with Gasteiger partial charge in [0.05, 0.1) is 45.0 Å². The summed E-state index contributed by atoms with van der Waals surface area (Å²) in [7, 11) is 1.52. The summed E-state index contributed by atoms with van der Waals surface area (Å²) >= 11 is 0. The average molecular weight is 402 g/mol. The van der Waals surface area contributed by atoms with E-state index in [-0.39, 0.29) is 6.54 Å². The Morgan fingerprint density at radius 2 is 2.17 bits per heavy atom. The highest BCUT2D eigenvalue weighted by Gasteiger charge is 2.71. The first-order chi connectivity index (χ1) is 13.8. The van der Waals surface area contributed by atoms with Crippen LogP contribution in [0.15, 0.2) is 42.9 Å². The number of fused-ring (bicyclic) bond motifs is 1. The maximum absolute atomic E-state index is 15.5. The smallest absolute Gasteiger partial charge is 0.266 e. The number of methoxy groups -OCH3 is 1. The molecule has 29 heavy (non-hydrogen) atoms. The number of aromatic nitrogens is 2. The Morgan fingerprint density at radius 1 is 1.34 bits per heavy atom. The van der Waals surface area contributed by atoms with Crippen molar-refractivity contribution in [3.63, 3.8) is 0 Å². The van der Waals surface area contributed by atoms with Gasteiger partial charge >= 0.3 is 0 Å². The lowest BCUT2D eigenvalue weighted by molar-refractivity contribution is -0.140. The quantitative estimate of drug-likeness (QED) is 0.773. The topological polar surface area (TPSA) is 78.5 Å². The van der Waals surface area contributed by atoms with E-state index in [1.807, 2.05) is 0 Å². The van der Waals surface area contributed by atoms with Crippen LogP contribution in [0.2, 0.25) is 0 Å². The van der Waals surface area contributed by atoms with Crippen LogP contribution in [0.4, 0.5) is 8.78 Å². The summed E-state index contributed by atoms with van der Waals surface area (Å²) < 4.78 is 36.1. The fourth-order valence-corrected chi connectivity index (χ4v) is 3.85. The third kappa shape index (κ3) is 3.26. The van der Waals surface area contributed by atoms with E-state index in [1.54, 1.807) is 24.3 Å². The largest absolute Gasteiger partial charge is 0.497 e. The Hall–Kier alpha value is -3.23. The van der Waals surface area contributed by atoms with Crippen LogP contribution in [0.5, 0.6) is 5.75 Å². The summed E-state index contributed by atoms with van der Waals surface area (Å²) in [4.78, 5) is 33.8. The molecular weight excluding hydrogens is 382 g/mol. The van der Waals surface area contributed by atoms with E-state index >= 15 is 8.78 Å². The molecule has 0 unspecified atom stereocenters. The zero-order chi connectivity index (χ0) is 20.6. The number of carbonyl (C=O) groups is 2. The number of imidazole rings is 1. The molecule has 7 nitrogen and oxygen atoms in total. The van der Waals surface area contributed by atoms with Gasteiger partial charge in [-0.1, -0.05) is 12.1 Å². The number of aromatic amines is 1. The number of benzene rings is 1. The molecule has 2 saturated heterocycles. The van der Waals surface area contributed by atoms with E-state index in [0.29, 0.717) is 17.0 Å². The second kappa shape index (κ2) is 6.98. The van der Waals surface area contributed by atoms with Crippen LogP contribution in [-0.4, -0.2) is 69.7 Å². The third-order valence-corrected chi connectivity index (χ3v) is 5.37. The van der Waals surface area contributed by atoms with Crippen molar-refractivity contribution >= 4 is 17.9 Å². The molecule has 2 aliphatic rings. The zero-order valence-electron chi connectivity index (χ0n) is 15.8.